The van der Waals surface area contributed by atoms with Gasteiger partial charge in [0.25, 0.3) is 0 Å². The van der Waals surface area contributed by atoms with Crippen LogP contribution in [0.25, 0.3) is 0 Å². The van der Waals surface area contributed by atoms with E-state index in [1.54, 1.807) is 12.1 Å². The fourth-order valence-electron chi connectivity index (χ4n) is 1.68. The van der Waals surface area contributed by atoms with Gasteiger partial charge in [0.2, 0.25) is 0 Å². The second kappa shape index (κ2) is 5.84. The van der Waals surface area contributed by atoms with Crippen molar-refractivity contribution in [2.24, 2.45) is 0 Å². The third-order valence-electron chi connectivity index (χ3n) is 2.75. The molecule has 2 N–H and O–H groups in total. The van der Waals surface area contributed by atoms with Gasteiger partial charge in [-0.15, -0.1) is 0 Å². The number of carboxylic acid groups (broad SMARTS) is 1. The molecule has 0 spiro atoms. The van der Waals surface area contributed by atoms with Crippen LogP contribution in [-0.4, -0.2) is 16.1 Å². The molecule has 4 nitrogen and oxygen atoms in total. The fourth-order valence-corrected chi connectivity index (χ4v) is 2.05. The zero-order chi connectivity index (χ0) is 13.8. The molecule has 5 heteroatoms. The molecule has 2 aromatic rings. The molecule has 0 saturated carbocycles. The highest BCUT2D eigenvalue weighted by molar-refractivity contribution is 9.10. The Labute approximate surface area is 119 Å². The average Bonchev–Trinajstić information content (AvgIpc) is 2.41. The van der Waals surface area contributed by atoms with Crippen molar-refractivity contribution in [2.45, 2.75) is 13.5 Å². The van der Waals surface area contributed by atoms with Gasteiger partial charge in [0, 0.05) is 10.2 Å². The van der Waals surface area contributed by atoms with E-state index in [1.807, 2.05) is 25.1 Å². The standard InChI is InChI=1S/C14H13BrN2O2/c1-9-11(15)5-3-6-12(9)16-8-10-4-2-7-13(17-10)14(18)19/h2-7,16H,8H2,1H3,(H,18,19). The number of pyridine rings is 1. The van der Waals surface area contributed by atoms with Crippen LogP contribution in [0.1, 0.15) is 21.7 Å². The molecule has 0 fully saturated rings. The number of rotatable bonds is 4. The van der Waals surface area contributed by atoms with Crippen LogP contribution in [0.4, 0.5) is 5.69 Å². The highest BCUT2D eigenvalue weighted by atomic mass is 79.9. The number of aromatic carboxylic acids is 1. The van der Waals surface area contributed by atoms with E-state index < -0.39 is 5.97 Å². The van der Waals surface area contributed by atoms with Gasteiger partial charge in [0.05, 0.1) is 12.2 Å². The molecule has 0 saturated heterocycles. The molecule has 0 radical (unpaired) electrons. The van der Waals surface area contributed by atoms with E-state index >= 15 is 0 Å². The Bertz CT molecular complexity index is 614. The number of hydrogen-bond acceptors (Lipinski definition) is 3. The molecule has 0 aliphatic carbocycles. The molecule has 0 atom stereocenters. The molecule has 1 aromatic heterocycles. The molecule has 0 bridgehead atoms. The minimum absolute atomic E-state index is 0.0604. The Hall–Kier alpha value is -1.88. The predicted molar refractivity (Wildman–Crippen MR) is 77.4 cm³/mol. The molecule has 1 aromatic carbocycles. The van der Waals surface area contributed by atoms with Crippen LogP contribution < -0.4 is 5.32 Å². The number of aromatic nitrogens is 1. The van der Waals surface area contributed by atoms with Crippen LogP contribution in [0, 0.1) is 6.92 Å². The number of halogens is 1. The van der Waals surface area contributed by atoms with E-state index in [0.29, 0.717) is 12.2 Å². The second-order valence-electron chi connectivity index (χ2n) is 4.09. The summed E-state index contributed by atoms with van der Waals surface area (Å²) in [7, 11) is 0. The first-order valence-electron chi connectivity index (χ1n) is 5.76. The first kappa shape index (κ1) is 13.5. The van der Waals surface area contributed by atoms with Crippen molar-refractivity contribution in [2.75, 3.05) is 5.32 Å². The lowest BCUT2D eigenvalue weighted by Crippen LogP contribution is -2.07. The van der Waals surface area contributed by atoms with Crippen molar-refractivity contribution in [3.05, 3.63) is 57.8 Å². The van der Waals surface area contributed by atoms with Gasteiger partial charge < -0.3 is 10.4 Å². The lowest BCUT2D eigenvalue weighted by molar-refractivity contribution is 0.0690. The van der Waals surface area contributed by atoms with Crippen LogP contribution in [0.5, 0.6) is 0 Å². The molecule has 0 unspecified atom stereocenters. The van der Waals surface area contributed by atoms with Crippen LogP contribution in [0.2, 0.25) is 0 Å². The van der Waals surface area contributed by atoms with Gasteiger partial charge in [-0.2, -0.15) is 0 Å². The van der Waals surface area contributed by atoms with Gasteiger partial charge >= 0.3 is 5.97 Å². The van der Waals surface area contributed by atoms with Crippen LogP contribution in [0.15, 0.2) is 40.9 Å². The second-order valence-corrected chi connectivity index (χ2v) is 4.94. The van der Waals surface area contributed by atoms with E-state index in [1.165, 1.54) is 6.07 Å². The number of carboxylic acids is 1. The maximum atomic E-state index is 10.8. The molecular formula is C14H13BrN2O2. The summed E-state index contributed by atoms with van der Waals surface area (Å²) in [5.41, 5.74) is 2.86. The predicted octanol–water partition coefficient (Wildman–Crippen LogP) is 3.46. The summed E-state index contributed by atoms with van der Waals surface area (Å²) < 4.78 is 1.03. The van der Waals surface area contributed by atoms with Crippen molar-refractivity contribution < 1.29 is 9.90 Å². The topological polar surface area (TPSA) is 62.2 Å². The highest BCUT2D eigenvalue weighted by Crippen LogP contribution is 2.23. The first-order chi connectivity index (χ1) is 9.08. The quantitative estimate of drug-likeness (QED) is 0.905. The van der Waals surface area contributed by atoms with Crippen molar-refractivity contribution >= 4 is 27.6 Å². The molecular weight excluding hydrogens is 308 g/mol. The van der Waals surface area contributed by atoms with E-state index in [0.717, 1.165) is 15.7 Å². The number of nitrogens with zero attached hydrogens (tertiary/aromatic N) is 1. The average molecular weight is 321 g/mol. The number of nitrogens with one attached hydrogen (secondary N) is 1. The zero-order valence-corrected chi connectivity index (χ0v) is 11.9. The first-order valence-corrected chi connectivity index (χ1v) is 6.55. The molecule has 0 amide bonds. The number of benzene rings is 1. The fraction of sp³-hybridized carbons (Fsp3) is 0.143. The Balaban J connectivity index is 2.12. The third kappa shape index (κ3) is 3.32. The summed E-state index contributed by atoms with van der Waals surface area (Å²) in [6, 6.07) is 10.9. The molecule has 1 heterocycles. The Morgan fingerprint density at radius 2 is 2.05 bits per heavy atom. The normalized spacial score (nSPS) is 10.2. The highest BCUT2D eigenvalue weighted by Gasteiger charge is 2.06. The lowest BCUT2D eigenvalue weighted by Gasteiger charge is -2.10. The Morgan fingerprint density at radius 3 is 2.79 bits per heavy atom. The van der Waals surface area contributed by atoms with Gasteiger partial charge in [0.15, 0.2) is 0 Å². The third-order valence-corrected chi connectivity index (χ3v) is 3.61. The number of hydrogen-bond donors (Lipinski definition) is 2. The summed E-state index contributed by atoms with van der Waals surface area (Å²) in [5.74, 6) is -1.01. The molecule has 0 aliphatic rings. The molecule has 2 rings (SSSR count). The maximum absolute atomic E-state index is 10.8. The summed E-state index contributed by atoms with van der Waals surface area (Å²) in [4.78, 5) is 14.9. The lowest BCUT2D eigenvalue weighted by atomic mass is 10.2. The summed E-state index contributed by atoms with van der Waals surface area (Å²) >= 11 is 3.47. The van der Waals surface area contributed by atoms with Crippen molar-refractivity contribution in [1.29, 1.82) is 0 Å². The maximum Gasteiger partial charge on any atom is 0.354 e. The zero-order valence-electron chi connectivity index (χ0n) is 10.4. The van der Waals surface area contributed by atoms with Gasteiger partial charge in [-0.05, 0) is 36.8 Å². The Kier molecular flexibility index (Phi) is 4.16. The smallest absolute Gasteiger partial charge is 0.354 e. The van der Waals surface area contributed by atoms with E-state index in [-0.39, 0.29) is 5.69 Å². The van der Waals surface area contributed by atoms with Crippen LogP contribution >= 0.6 is 15.9 Å². The largest absolute Gasteiger partial charge is 0.477 e. The van der Waals surface area contributed by atoms with Crippen LogP contribution in [0.3, 0.4) is 0 Å². The van der Waals surface area contributed by atoms with Crippen LogP contribution in [-0.2, 0) is 6.54 Å². The minimum atomic E-state index is -1.01. The number of carbonyl (C=O) groups is 1. The van der Waals surface area contributed by atoms with E-state index in [2.05, 4.69) is 26.2 Å². The monoisotopic (exact) mass is 320 g/mol. The van der Waals surface area contributed by atoms with E-state index in [9.17, 15) is 4.79 Å². The summed E-state index contributed by atoms with van der Waals surface area (Å²) in [5, 5.41) is 12.1. The van der Waals surface area contributed by atoms with Gasteiger partial charge in [-0.3, -0.25) is 0 Å². The Morgan fingerprint density at radius 1 is 1.32 bits per heavy atom. The van der Waals surface area contributed by atoms with Gasteiger partial charge in [0.1, 0.15) is 5.69 Å². The molecule has 19 heavy (non-hydrogen) atoms. The van der Waals surface area contributed by atoms with Crippen molar-refractivity contribution in [1.82, 2.24) is 4.98 Å². The van der Waals surface area contributed by atoms with Crippen molar-refractivity contribution in [3.8, 4) is 0 Å². The number of anilines is 1. The molecule has 98 valence electrons. The SMILES string of the molecule is Cc1c(Br)cccc1NCc1cccc(C(=O)O)n1. The van der Waals surface area contributed by atoms with Gasteiger partial charge in [-0.25, -0.2) is 9.78 Å². The summed E-state index contributed by atoms with van der Waals surface area (Å²) in [6.07, 6.45) is 0. The molecule has 0 aliphatic heterocycles. The minimum Gasteiger partial charge on any atom is -0.477 e. The summed E-state index contributed by atoms with van der Waals surface area (Å²) in [6.45, 7) is 2.49. The van der Waals surface area contributed by atoms with Gasteiger partial charge in [-0.1, -0.05) is 28.1 Å². The van der Waals surface area contributed by atoms with E-state index in [4.69, 9.17) is 5.11 Å². The van der Waals surface area contributed by atoms with Crippen molar-refractivity contribution in [3.63, 3.8) is 0 Å².